The van der Waals surface area contributed by atoms with Gasteiger partial charge in [0.2, 0.25) is 0 Å². The molecule has 2 N–H and O–H groups in total. The molecule has 1 unspecified atom stereocenters. The SMILES string of the molecule is CCN(C)C(CN)c1ccc(Cl)cc1C. The summed E-state index contributed by atoms with van der Waals surface area (Å²) in [5, 5.41) is 0.783. The maximum absolute atomic E-state index is 5.93. The van der Waals surface area contributed by atoms with E-state index in [4.69, 9.17) is 17.3 Å². The minimum atomic E-state index is 0.285. The average molecular weight is 227 g/mol. The second-order valence-corrected chi connectivity index (χ2v) is 4.26. The molecule has 0 amide bonds. The molecule has 15 heavy (non-hydrogen) atoms. The third-order valence-corrected chi connectivity index (χ3v) is 3.08. The molecule has 0 aliphatic heterocycles. The number of rotatable bonds is 4. The molecule has 2 nitrogen and oxygen atoms in total. The number of hydrogen-bond donors (Lipinski definition) is 1. The summed E-state index contributed by atoms with van der Waals surface area (Å²) in [5.74, 6) is 0. The Kier molecular flexibility index (Phi) is 4.58. The molecule has 0 aliphatic carbocycles. The molecule has 3 heteroatoms. The number of nitrogens with two attached hydrogens (primary N) is 1. The Morgan fingerprint density at radius 3 is 2.60 bits per heavy atom. The zero-order valence-electron chi connectivity index (χ0n) is 9.63. The Balaban J connectivity index is 3.01. The van der Waals surface area contributed by atoms with Crippen LogP contribution in [0.5, 0.6) is 0 Å². The molecular formula is C12H19ClN2. The molecule has 1 atom stereocenters. The molecule has 84 valence electrons. The first-order valence-corrected chi connectivity index (χ1v) is 5.64. The number of benzene rings is 1. The van der Waals surface area contributed by atoms with Gasteiger partial charge >= 0.3 is 0 Å². The highest BCUT2D eigenvalue weighted by atomic mass is 35.5. The van der Waals surface area contributed by atoms with Crippen LogP contribution < -0.4 is 5.73 Å². The van der Waals surface area contributed by atoms with Crippen molar-refractivity contribution in [2.45, 2.75) is 19.9 Å². The van der Waals surface area contributed by atoms with Crippen LogP contribution in [-0.4, -0.2) is 25.0 Å². The minimum absolute atomic E-state index is 0.285. The van der Waals surface area contributed by atoms with Crippen molar-refractivity contribution in [1.29, 1.82) is 0 Å². The van der Waals surface area contributed by atoms with Gasteiger partial charge in [-0.05, 0) is 43.8 Å². The first-order valence-electron chi connectivity index (χ1n) is 5.26. The predicted octanol–water partition coefficient (Wildman–Crippen LogP) is 2.60. The van der Waals surface area contributed by atoms with Crippen LogP contribution in [-0.2, 0) is 0 Å². The minimum Gasteiger partial charge on any atom is -0.329 e. The smallest absolute Gasteiger partial charge is 0.0469 e. The van der Waals surface area contributed by atoms with Gasteiger partial charge in [-0.3, -0.25) is 4.90 Å². The predicted molar refractivity (Wildman–Crippen MR) is 66.3 cm³/mol. The molecule has 0 spiro atoms. The van der Waals surface area contributed by atoms with Gasteiger partial charge in [0.05, 0.1) is 0 Å². The molecule has 1 aromatic carbocycles. The summed E-state index contributed by atoms with van der Waals surface area (Å²) in [6, 6.07) is 6.27. The van der Waals surface area contributed by atoms with Gasteiger partial charge in [0.1, 0.15) is 0 Å². The number of nitrogens with zero attached hydrogens (tertiary/aromatic N) is 1. The zero-order chi connectivity index (χ0) is 11.4. The lowest BCUT2D eigenvalue weighted by Gasteiger charge is -2.27. The summed E-state index contributed by atoms with van der Waals surface area (Å²) in [4.78, 5) is 2.25. The van der Waals surface area contributed by atoms with E-state index in [1.165, 1.54) is 11.1 Å². The number of hydrogen-bond acceptors (Lipinski definition) is 2. The molecule has 0 fully saturated rings. The summed E-state index contributed by atoms with van der Waals surface area (Å²) >= 11 is 5.93. The van der Waals surface area contributed by atoms with E-state index >= 15 is 0 Å². The fraction of sp³-hybridized carbons (Fsp3) is 0.500. The van der Waals surface area contributed by atoms with E-state index in [1.807, 2.05) is 12.1 Å². The van der Waals surface area contributed by atoms with Crippen molar-refractivity contribution < 1.29 is 0 Å². The van der Waals surface area contributed by atoms with Crippen LogP contribution in [0.2, 0.25) is 5.02 Å². The van der Waals surface area contributed by atoms with Crippen LogP contribution in [0.3, 0.4) is 0 Å². The van der Waals surface area contributed by atoms with Crippen LogP contribution in [0.1, 0.15) is 24.1 Å². The highest BCUT2D eigenvalue weighted by Crippen LogP contribution is 2.24. The van der Waals surface area contributed by atoms with Crippen molar-refractivity contribution in [2.24, 2.45) is 5.73 Å². The maximum atomic E-state index is 5.93. The topological polar surface area (TPSA) is 29.3 Å². The van der Waals surface area contributed by atoms with Crippen LogP contribution in [0.15, 0.2) is 18.2 Å². The standard InChI is InChI=1S/C12H19ClN2/c1-4-15(3)12(8-14)11-6-5-10(13)7-9(11)2/h5-7,12H,4,8,14H2,1-3H3. The van der Waals surface area contributed by atoms with E-state index in [0.29, 0.717) is 6.54 Å². The molecule has 0 aromatic heterocycles. The maximum Gasteiger partial charge on any atom is 0.0469 e. The van der Waals surface area contributed by atoms with Gasteiger partial charge in [0, 0.05) is 17.6 Å². The molecule has 0 bridgehead atoms. The van der Waals surface area contributed by atoms with Crippen LogP contribution in [0, 0.1) is 6.92 Å². The third kappa shape index (κ3) is 2.94. The van der Waals surface area contributed by atoms with E-state index in [2.05, 4.69) is 31.9 Å². The van der Waals surface area contributed by atoms with E-state index in [0.717, 1.165) is 11.6 Å². The van der Waals surface area contributed by atoms with Crippen molar-refractivity contribution in [3.8, 4) is 0 Å². The third-order valence-electron chi connectivity index (χ3n) is 2.84. The largest absolute Gasteiger partial charge is 0.329 e. The Bertz CT molecular complexity index is 325. The number of aryl methyl sites for hydroxylation is 1. The molecule has 1 aromatic rings. The number of likely N-dealkylation sites (N-methyl/N-ethyl adjacent to an activating group) is 1. The fourth-order valence-corrected chi connectivity index (χ4v) is 2.00. The van der Waals surface area contributed by atoms with Gasteiger partial charge < -0.3 is 5.73 Å². The zero-order valence-corrected chi connectivity index (χ0v) is 10.4. The van der Waals surface area contributed by atoms with Crippen molar-refractivity contribution >= 4 is 11.6 Å². The summed E-state index contributed by atoms with van der Waals surface area (Å²) < 4.78 is 0. The van der Waals surface area contributed by atoms with E-state index in [-0.39, 0.29) is 6.04 Å². The summed E-state index contributed by atoms with van der Waals surface area (Å²) in [7, 11) is 2.09. The second kappa shape index (κ2) is 5.50. The van der Waals surface area contributed by atoms with E-state index < -0.39 is 0 Å². The molecule has 0 radical (unpaired) electrons. The van der Waals surface area contributed by atoms with Crippen molar-refractivity contribution in [2.75, 3.05) is 20.1 Å². The lowest BCUT2D eigenvalue weighted by Crippen LogP contribution is -2.30. The van der Waals surface area contributed by atoms with Crippen LogP contribution in [0.4, 0.5) is 0 Å². The first-order chi connectivity index (χ1) is 7.10. The summed E-state index contributed by atoms with van der Waals surface area (Å²) in [6.07, 6.45) is 0. The lowest BCUT2D eigenvalue weighted by molar-refractivity contribution is 0.262. The molecule has 0 saturated carbocycles. The van der Waals surface area contributed by atoms with Gasteiger partial charge in [0.15, 0.2) is 0 Å². The molecule has 0 aliphatic rings. The van der Waals surface area contributed by atoms with E-state index in [9.17, 15) is 0 Å². The quantitative estimate of drug-likeness (QED) is 0.855. The van der Waals surface area contributed by atoms with Crippen LogP contribution >= 0.6 is 11.6 Å². The van der Waals surface area contributed by atoms with Crippen molar-refractivity contribution in [1.82, 2.24) is 4.90 Å². The van der Waals surface area contributed by atoms with Gasteiger partial charge in [-0.2, -0.15) is 0 Å². The van der Waals surface area contributed by atoms with Gasteiger partial charge in [-0.1, -0.05) is 24.6 Å². The highest BCUT2D eigenvalue weighted by Gasteiger charge is 2.15. The monoisotopic (exact) mass is 226 g/mol. The Hall–Kier alpha value is -0.570. The summed E-state index contributed by atoms with van der Waals surface area (Å²) in [6.45, 7) is 5.83. The Morgan fingerprint density at radius 1 is 1.47 bits per heavy atom. The first kappa shape index (κ1) is 12.5. The number of halogens is 1. The molecular weight excluding hydrogens is 208 g/mol. The van der Waals surface area contributed by atoms with Gasteiger partial charge in [-0.15, -0.1) is 0 Å². The Labute approximate surface area is 97.0 Å². The van der Waals surface area contributed by atoms with Gasteiger partial charge in [-0.25, -0.2) is 0 Å². The normalized spacial score (nSPS) is 13.2. The highest BCUT2D eigenvalue weighted by molar-refractivity contribution is 6.30. The molecule has 1 rings (SSSR count). The summed E-state index contributed by atoms with van der Waals surface area (Å²) in [5.41, 5.74) is 8.29. The molecule has 0 heterocycles. The van der Waals surface area contributed by atoms with E-state index in [1.54, 1.807) is 0 Å². The van der Waals surface area contributed by atoms with Gasteiger partial charge in [0.25, 0.3) is 0 Å². The van der Waals surface area contributed by atoms with Crippen LogP contribution in [0.25, 0.3) is 0 Å². The Morgan fingerprint density at radius 2 is 2.13 bits per heavy atom. The van der Waals surface area contributed by atoms with Crippen molar-refractivity contribution in [3.63, 3.8) is 0 Å². The fourth-order valence-electron chi connectivity index (χ4n) is 1.78. The average Bonchev–Trinajstić information content (AvgIpc) is 2.21. The van der Waals surface area contributed by atoms with Crippen molar-refractivity contribution in [3.05, 3.63) is 34.3 Å². The second-order valence-electron chi connectivity index (χ2n) is 3.83. The lowest BCUT2D eigenvalue weighted by atomic mass is 10.0. The molecule has 0 saturated heterocycles.